The maximum atomic E-state index is 13.5. The van der Waals surface area contributed by atoms with E-state index in [4.69, 9.17) is 4.74 Å². The molecule has 0 aliphatic carbocycles. The second-order valence-corrected chi connectivity index (χ2v) is 5.51. The molecule has 7 nitrogen and oxygen atoms in total. The van der Waals surface area contributed by atoms with Crippen LogP contribution in [0.25, 0.3) is 0 Å². The Kier molecular flexibility index (Phi) is 6.93. The highest BCUT2D eigenvalue weighted by atomic mass is 19.1. The lowest BCUT2D eigenvalue weighted by Gasteiger charge is -2.07. The molecule has 142 valence electrons. The molecular weight excluding hydrogens is 362 g/mol. The van der Waals surface area contributed by atoms with E-state index in [2.05, 4.69) is 5.32 Å². The Hall–Kier alpha value is -3.36. The Labute approximate surface area is 153 Å². The van der Waals surface area contributed by atoms with Crippen molar-refractivity contribution in [3.8, 4) is 0 Å². The van der Waals surface area contributed by atoms with E-state index < -0.39 is 40.5 Å². The van der Waals surface area contributed by atoms with E-state index in [0.717, 1.165) is 18.2 Å². The second-order valence-electron chi connectivity index (χ2n) is 5.51. The van der Waals surface area contributed by atoms with Gasteiger partial charge in [0.05, 0.1) is 10.5 Å². The summed E-state index contributed by atoms with van der Waals surface area (Å²) in [6.07, 6.45) is 0.250. The number of anilines is 1. The molecule has 9 heteroatoms. The number of nitrogens with zero attached hydrogens (tertiary/aromatic N) is 1. The highest BCUT2D eigenvalue weighted by Gasteiger charge is 2.15. The fraction of sp³-hybridized carbons (Fsp3) is 0.222. The molecule has 0 radical (unpaired) electrons. The van der Waals surface area contributed by atoms with Crippen LogP contribution in [0.1, 0.15) is 23.2 Å². The lowest BCUT2D eigenvalue weighted by Crippen LogP contribution is -2.16. The third kappa shape index (κ3) is 5.84. The molecule has 27 heavy (non-hydrogen) atoms. The molecule has 0 atom stereocenters. The standard InChI is InChI=1S/C18H16F2N2O5/c19-12-7-8-14(20)13(10-12)17(23)11-27-18(24)6-3-9-21-15-4-1-2-5-16(15)22(25)26/h1-2,4-5,7-8,10,21H,3,6,9,11H2. The van der Waals surface area contributed by atoms with Crippen LogP contribution in [0.15, 0.2) is 42.5 Å². The van der Waals surface area contributed by atoms with Gasteiger partial charge in [-0.1, -0.05) is 12.1 Å². The Balaban J connectivity index is 1.75. The first-order valence-electron chi connectivity index (χ1n) is 7.99. The predicted octanol–water partition coefficient (Wildman–Crippen LogP) is 3.49. The number of para-hydroxylation sites is 2. The zero-order valence-electron chi connectivity index (χ0n) is 14.1. The van der Waals surface area contributed by atoms with Crippen molar-refractivity contribution in [1.29, 1.82) is 0 Å². The fourth-order valence-corrected chi connectivity index (χ4v) is 2.25. The molecule has 0 bridgehead atoms. The van der Waals surface area contributed by atoms with Crippen molar-refractivity contribution in [3.05, 3.63) is 69.8 Å². The van der Waals surface area contributed by atoms with Crippen molar-refractivity contribution in [1.82, 2.24) is 0 Å². The monoisotopic (exact) mass is 378 g/mol. The van der Waals surface area contributed by atoms with Gasteiger partial charge in [-0.2, -0.15) is 0 Å². The molecule has 0 aliphatic heterocycles. The van der Waals surface area contributed by atoms with E-state index in [0.29, 0.717) is 12.1 Å². The number of halogens is 2. The van der Waals surface area contributed by atoms with Crippen molar-refractivity contribution in [2.75, 3.05) is 18.5 Å². The summed E-state index contributed by atoms with van der Waals surface area (Å²) in [5.41, 5.74) is -0.240. The predicted molar refractivity (Wildman–Crippen MR) is 92.5 cm³/mol. The number of hydrogen-bond donors (Lipinski definition) is 1. The molecule has 2 rings (SSSR count). The molecule has 2 aromatic carbocycles. The van der Waals surface area contributed by atoms with Gasteiger partial charge in [-0.05, 0) is 30.7 Å². The minimum atomic E-state index is -0.897. The SMILES string of the molecule is O=C(CCCNc1ccccc1[N+](=O)[O-])OCC(=O)c1cc(F)ccc1F. The number of hydrogen-bond acceptors (Lipinski definition) is 6. The van der Waals surface area contributed by atoms with Gasteiger partial charge in [0.15, 0.2) is 6.61 Å². The average Bonchev–Trinajstić information content (AvgIpc) is 2.65. The first-order chi connectivity index (χ1) is 12.9. The van der Waals surface area contributed by atoms with Gasteiger partial charge >= 0.3 is 5.97 Å². The van der Waals surface area contributed by atoms with Crippen LogP contribution in [0.3, 0.4) is 0 Å². The van der Waals surface area contributed by atoms with Gasteiger partial charge in [-0.25, -0.2) is 8.78 Å². The number of carbonyl (C=O) groups is 2. The van der Waals surface area contributed by atoms with Crippen molar-refractivity contribution < 1.29 is 28.0 Å². The Bertz CT molecular complexity index is 857. The Morgan fingerprint density at radius 3 is 2.63 bits per heavy atom. The third-order valence-corrected chi connectivity index (χ3v) is 3.57. The van der Waals surface area contributed by atoms with Crippen LogP contribution in [0.4, 0.5) is 20.2 Å². The van der Waals surface area contributed by atoms with Crippen LogP contribution in [0, 0.1) is 21.7 Å². The van der Waals surface area contributed by atoms with Crippen LogP contribution in [0.2, 0.25) is 0 Å². The van der Waals surface area contributed by atoms with Gasteiger partial charge in [0.2, 0.25) is 5.78 Å². The summed E-state index contributed by atoms with van der Waals surface area (Å²) >= 11 is 0. The van der Waals surface area contributed by atoms with Gasteiger partial charge in [0.1, 0.15) is 17.3 Å². The molecule has 0 amide bonds. The topological polar surface area (TPSA) is 98.5 Å². The van der Waals surface area contributed by atoms with Gasteiger partial charge < -0.3 is 10.1 Å². The third-order valence-electron chi connectivity index (χ3n) is 3.57. The van der Waals surface area contributed by atoms with E-state index in [-0.39, 0.29) is 18.7 Å². The molecule has 0 saturated heterocycles. The molecule has 0 unspecified atom stereocenters. The maximum absolute atomic E-state index is 13.5. The number of ether oxygens (including phenoxy) is 1. The molecule has 1 N–H and O–H groups in total. The van der Waals surface area contributed by atoms with Crippen LogP contribution in [-0.2, 0) is 9.53 Å². The van der Waals surface area contributed by atoms with Crippen molar-refractivity contribution in [2.45, 2.75) is 12.8 Å². The number of benzene rings is 2. The van der Waals surface area contributed by atoms with Gasteiger partial charge in [-0.15, -0.1) is 0 Å². The van der Waals surface area contributed by atoms with Crippen molar-refractivity contribution in [2.24, 2.45) is 0 Å². The van der Waals surface area contributed by atoms with Crippen LogP contribution < -0.4 is 5.32 Å². The van der Waals surface area contributed by atoms with Crippen LogP contribution in [-0.4, -0.2) is 29.8 Å². The summed E-state index contributed by atoms with van der Waals surface area (Å²) in [5, 5.41) is 13.7. The first-order valence-corrected chi connectivity index (χ1v) is 7.99. The van der Waals surface area contributed by atoms with Crippen molar-refractivity contribution in [3.63, 3.8) is 0 Å². The summed E-state index contributed by atoms with van der Waals surface area (Å²) in [6, 6.07) is 8.51. The average molecular weight is 378 g/mol. The minimum absolute atomic E-state index is 0.0491. The summed E-state index contributed by atoms with van der Waals surface area (Å²) in [7, 11) is 0. The van der Waals surface area contributed by atoms with Crippen molar-refractivity contribution >= 4 is 23.1 Å². The molecule has 0 saturated carbocycles. The van der Waals surface area contributed by atoms with Crippen LogP contribution in [0.5, 0.6) is 0 Å². The highest BCUT2D eigenvalue weighted by Crippen LogP contribution is 2.23. The number of nitrogens with one attached hydrogen (secondary N) is 1. The van der Waals surface area contributed by atoms with E-state index in [1.54, 1.807) is 18.2 Å². The van der Waals surface area contributed by atoms with Crippen LogP contribution >= 0.6 is 0 Å². The molecular formula is C18H16F2N2O5. The Morgan fingerprint density at radius 2 is 1.89 bits per heavy atom. The van der Waals surface area contributed by atoms with Gasteiger partial charge in [0.25, 0.3) is 5.69 Å². The molecule has 0 fully saturated rings. The molecule has 0 aliphatic rings. The van der Waals surface area contributed by atoms with E-state index in [1.165, 1.54) is 6.07 Å². The Morgan fingerprint density at radius 1 is 1.15 bits per heavy atom. The lowest BCUT2D eigenvalue weighted by molar-refractivity contribution is -0.384. The molecule has 2 aromatic rings. The minimum Gasteiger partial charge on any atom is -0.457 e. The zero-order chi connectivity index (χ0) is 19.8. The summed E-state index contributed by atoms with van der Waals surface area (Å²) in [5.74, 6) is -3.21. The number of nitro benzene ring substituents is 1. The smallest absolute Gasteiger partial charge is 0.306 e. The highest BCUT2D eigenvalue weighted by molar-refractivity contribution is 5.98. The van der Waals surface area contributed by atoms with E-state index >= 15 is 0 Å². The number of esters is 1. The number of Topliss-reactive ketones (excluding diaryl/α,β-unsaturated/α-hetero) is 1. The summed E-state index contributed by atoms with van der Waals surface area (Å²) in [6.45, 7) is -0.427. The normalized spacial score (nSPS) is 10.3. The first kappa shape index (κ1) is 20.0. The number of carbonyl (C=O) groups excluding carboxylic acids is 2. The molecule has 0 aromatic heterocycles. The molecule has 0 spiro atoms. The fourth-order valence-electron chi connectivity index (χ4n) is 2.25. The largest absolute Gasteiger partial charge is 0.457 e. The maximum Gasteiger partial charge on any atom is 0.306 e. The molecule has 0 heterocycles. The van der Waals surface area contributed by atoms with Gasteiger partial charge in [0, 0.05) is 19.0 Å². The lowest BCUT2D eigenvalue weighted by atomic mass is 10.1. The van der Waals surface area contributed by atoms with Gasteiger partial charge in [-0.3, -0.25) is 19.7 Å². The second kappa shape index (κ2) is 9.37. The summed E-state index contributed by atoms with van der Waals surface area (Å²) < 4.78 is 31.3. The number of ketones is 1. The summed E-state index contributed by atoms with van der Waals surface area (Å²) in [4.78, 5) is 33.8. The number of nitro groups is 1. The quantitative estimate of drug-likeness (QED) is 0.236. The van der Waals surface area contributed by atoms with E-state index in [1.807, 2.05) is 0 Å². The number of rotatable bonds is 9. The van der Waals surface area contributed by atoms with E-state index in [9.17, 15) is 28.5 Å². The zero-order valence-corrected chi connectivity index (χ0v) is 14.1.